The summed E-state index contributed by atoms with van der Waals surface area (Å²) in [6, 6.07) is 8.17. The summed E-state index contributed by atoms with van der Waals surface area (Å²) in [7, 11) is 3.99. The number of nitrogens with zero attached hydrogens (tertiary/aromatic N) is 2. The van der Waals surface area contributed by atoms with Crippen molar-refractivity contribution in [2.24, 2.45) is 0 Å². The normalized spacial score (nSPS) is 12.1. The number of carbonyl (C=O) groups excluding carboxylic acids is 1. The number of benzene rings is 1. The first-order valence-electron chi connectivity index (χ1n) is 7.23. The molecule has 4 nitrogen and oxygen atoms in total. The van der Waals surface area contributed by atoms with Crippen LogP contribution in [-0.4, -0.2) is 25.7 Å². The van der Waals surface area contributed by atoms with E-state index in [4.69, 9.17) is 11.3 Å². The zero-order valence-corrected chi connectivity index (χ0v) is 14.8. The number of thiophene rings is 1. The van der Waals surface area contributed by atoms with Crippen LogP contribution in [0.1, 0.15) is 25.6 Å². The number of anilines is 1. The molecule has 0 radical (unpaired) electrons. The van der Waals surface area contributed by atoms with Crippen LogP contribution in [0.15, 0.2) is 30.0 Å². The Bertz CT molecular complexity index is 805. The van der Waals surface area contributed by atoms with Gasteiger partial charge in [-0.15, -0.1) is 11.3 Å². The number of hydrogen-bond acceptors (Lipinski definition) is 4. The number of hydrogen-bond donors (Lipinski definition) is 0. The molecule has 1 heterocycles. The van der Waals surface area contributed by atoms with Gasteiger partial charge in [-0.3, -0.25) is 4.79 Å². The zero-order chi connectivity index (χ0) is 17.2. The minimum atomic E-state index is -0.609. The molecule has 0 fully saturated rings. The standard InChI is InChI=1S/C18H20N2O2S/c1-18(2,3)22-17(21)15(19-4)11-14-9-12-7-8-13(20(5)6)10-16(12)23-14/h7-11H,1-3,5-6H3/b15-11-. The third kappa shape index (κ3) is 4.33. The van der Waals surface area contributed by atoms with E-state index in [9.17, 15) is 4.79 Å². The predicted octanol–water partition coefficient (Wildman–Crippen LogP) is 4.57. The molecule has 0 aliphatic heterocycles. The predicted molar refractivity (Wildman–Crippen MR) is 96.6 cm³/mol. The molecule has 2 aromatic rings. The van der Waals surface area contributed by atoms with Crippen LogP contribution in [-0.2, 0) is 9.53 Å². The van der Waals surface area contributed by atoms with Gasteiger partial charge in [-0.1, -0.05) is 6.07 Å². The second-order valence-electron chi connectivity index (χ2n) is 6.41. The third-order valence-corrected chi connectivity index (χ3v) is 4.09. The van der Waals surface area contributed by atoms with Gasteiger partial charge in [-0.25, -0.2) is 4.85 Å². The molecule has 0 unspecified atom stereocenters. The number of carbonyl (C=O) groups is 1. The lowest BCUT2D eigenvalue weighted by molar-refractivity contribution is -0.149. The van der Waals surface area contributed by atoms with Gasteiger partial charge in [0.1, 0.15) is 5.60 Å². The van der Waals surface area contributed by atoms with E-state index in [0.717, 1.165) is 20.7 Å². The Morgan fingerprint density at radius 3 is 2.57 bits per heavy atom. The van der Waals surface area contributed by atoms with Crippen molar-refractivity contribution in [3.05, 3.63) is 46.3 Å². The average Bonchev–Trinajstić information content (AvgIpc) is 2.83. The molecular weight excluding hydrogens is 308 g/mol. The Morgan fingerprint density at radius 2 is 2.00 bits per heavy atom. The van der Waals surface area contributed by atoms with E-state index in [2.05, 4.69) is 10.9 Å². The van der Waals surface area contributed by atoms with E-state index >= 15 is 0 Å². The van der Waals surface area contributed by atoms with Gasteiger partial charge in [0, 0.05) is 29.4 Å². The Kier molecular flexibility index (Phi) is 4.76. The first kappa shape index (κ1) is 17.0. The van der Waals surface area contributed by atoms with Crippen LogP contribution in [0.5, 0.6) is 0 Å². The van der Waals surface area contributed by atoms with Crippen LogP contribution in [0, 0.1) is 6.57 Å². The van der Waals surface area contributed by atoms with Gasteiger partial charge in [-0.05, 0) is 50.4 Å². The van der Waals surface area contributed by atoms with Crippen LogP contribution >= 0.6 is 11.3 Å². The Hall–Kier alpha value is -2.32. The fraction of sp³-hybridized carbons (Fsp3) is 0.333. The van der Waals surface area contributed by atoms with Crippen LogP contribution in [0.3, 0.4) is 0 Å². The van der Waals surface area contributed by atoms with E-state index in [1.54, 1.807) is 38.2 Å². The third-order valence-electron chi connectivity index (χ3n) is 3.05. The fourth-order valence-corrected chi connectivity index (χ4v) is 3.03. The molecule has 1 aromatic heterocycles. The van der Waals surface area contributed by atoms with Gasteiger partial charge in [0.25, 0.3) is 5.70 Å². The summed E-state index contributed by atoms with van der Waals surface area (Å²) in [5.74, 6) is -0.584. The smallest absolute Gasteiger partial charge is 0.336 e. The lowest BCUT2D eigenvalue weighted by Gasteiger charge is -2.19. The lowest BCUT2D eigenvalue weighted by atomic mass is 10.2. The maximum Gasteiger partial charge on any atom is 0.336 e. The van der Waals surface area contributed by atoms with Crippen molar-refractivity contribution in [2.45, 2.75) is 26.4 Å². The second-order valence-corrected chi connectivity index (χ2v) is 7.52. The van der Waals surface area contributed by atoms with Crippen molar-refractivity contribution in [2.75, 3.05) is 19.0 Å². The van der Waals surface area contributed by atoms with E-state index in [1.807, 2.05) is 37.2 Å². The Morgan fingerprint density at radius 1 is 1.30 bits per heavy atom. The summed E-state index contributed by atoms with van der Waals surface area (Å²) in [4.78, 5) is 18.3. The highest BCUT2D eigenvalue weighted by molar-refractivity contribution is 7.19. The summed E-state index contributed by atoms with van der Waals surface area (Å²) in [6.45, 7) is 12.6. The molecule has 0 N–H and O–H groups in total. The maximum absolute atomic E-state index is 12.0. The minimum absolute atomic E-state index is 0.000635. The summed E-state index contributed by atoms with van der Waals surface area (Å²) < 4.78 is 6.39. The molecule has 0 bridgehead atoms. The maximum atomic E-state index is 12.0. The molecule has 0 amide bonds. The number of ether oxygens (including phenoxy) is 1. The topological polar surface area (TPSA) is 33.9 Å². The number of fused-ring (bicyclic) bond motifs is 1. The molecule has 0 saturated heterocycles. The van der Waals surface area contributed by atoms with Gasteiger partial charge in [0.05, 0.1) is 6.57 Å². The Labute approximate surface area is 140 Å². The van der Waals surface area contributed by atoms with Gasteiger partial charge < -0.3 is 9.64 Å². The van der Waals surface area contributed by atoms with Gasteiger partial charge >= 0.3 is 5.97 Å². The molecule has 0 aliphatic rings. The summed E-state index contributed by atoms with van der Waals surface area (Å²) in [5.41, 5.74) is 0.508. The van der Waals surface area contributed by atoms with E-state index in [0.29, 0.717) is 0 Å². The van der Waals surface area contributed by atoms with Gasteiger partial charge in [0.2, 0.25) is 0 Å². The molecule has 120 valence electrons. The summed E-state index contributed by atoms with van der Waals surface area (Å²) >= 11 is 1.55. The lowest BCUT2D eigenvalue weighted by Crippen LogP contribution is -2.24. The van der Waals surface area contributed by atoms with Crippen LogP contribution < -0.4 is 4.90 Å². The van der Waals surface area contributed by atoms with Crippen molar-refractivity contribution in [3.63, 3.8) is 0 Å². The molecule has 0 spiro atoms. The molecule has 23 heavy (non-hydrogen) atoms. The average molecular weight is 328 g/mol. The van der Waals surface area contributed by atoms with Crippen LogP contribution in [0.2, 0.25) is 0 Å². The van der Waals surface area contributed by atoms with E-state index in [-0.39, 0.29) is 5.70 Å². The first-order valence-corrected chi connectivity index (χ1v) is 8.05. The highest BCUT2D eigenvalue weighted by Gasteiger charge is 2.20. The molecule has 1 aromatic carbocycles. The molecule has 0 atom stereocenters. The van der Waals surface area contributed by atoms with Crippen LogP contribution in [0.4, 0.5) is 5.69 Å². The van der Waals surface area contributed by atoms with Crippen molar-refractivity contribution < 1.29 is 9.53 Å². The number of esters is 1. The highest BCUT2D eigenvalue weighted by Crippen LogP contribution is 2.30. The van der Waals surface area contributed by atoms with Crippen molar-refractivity contribution in [1.29, 1.82) is 0 Å². The quantitative estimate of drug-likeness (QED) is 0.470. The Balaban J connectivity index is 2.35. The number of rotatable bonds is 3. The van der Waals surface area contributed by atoms with Gasteiger partial charge in [-0.2, -0.15) is 0 Å². The fourth-order valence-electron chi connectivity index (χ4n) is 1.99. The van der Waals surface area contributed by atoms with E-state index < -0.39 is 11.6 Å². The summed E-state index contributed by atoms with van der Waals surface area (Å²) in [6.07, 6.45) is 1.60. The van der Waals surface area contributed by atoms with Crippen molar-refractivity contribution in [3.8, 4) is 0 Å². The molecular formula is C18H20N2O2S. The zero-order valence-electron chi connectivity index (χ0n) is 14.0. The summed E-state index contributed by atoms with van der Waals surface area (Å²) in [5, 5.41) is 1.10. The molecule has 5 heteroatoms. The minimum Gasteiger partial charge on any atom is -0.465 e. The molecule has 0 saturated carbocycles. The largest absolute Gasteiger partial charge is 0.465 e. The molecule has 0 aliphatic carbocycles. The SMILES string of the molecule is [C-]#[N+]/C(=C\c1cc2ccc(N(C)C)cc2s1)C(=O)OC(C)(C)C. The van der Waals surface area contributed by atoms with Crippen LogP contribution in [0.25, 0.3) is 21.0 Å². The van der Waals surface area contributed by atoms with Crippen molar-refractivity contribution >= 4 is 39.2 Å². The van der Waals surface area contributed by atoms with Crippen molar-refractivity contribution in [1.82, 2.24) is 0 Å². The molecule has 2 rings (SSSR count). The first-order chi connectivity index (χ1) is 10.7. The second kappa shape index (κ2) is 6.43. The van der Waals surface area contributed by atoms with Gasteiger partial charge in [0.15, 0.2) is 0 Å². The van der Waals surface area contributed by atoms with E-state index in [1.165, 1.54) is 0 Å². The highest BCUT2D eigenvalue weighted by atomic mass is 32.1. The monoisotopic (exact) mass is 328 g/mol.